The van der Waals surface area contributed by atoms with Gasteiger partial charge in [-0.3, -0.25) is 0 Å². The van der Waals surface area contributed by atoms with Gasteiger partial charge in [-0.25, -0.2) is 13.2 Å². The van der Waals surface area contributed by atoms with Gasteiger partial charge in [0.05, 0.1) is 11.4 Å². The molecule has 2 aromatic rings. The molecule has 0 spiro atoms. The van der Waals surface area contributed by atoms with Crippen molar-refractivity contribution in [1.82, 2.24) is 0 Å². The third-order valence-corrected chi connectivity index (χ3v) is 2.91. The summed E-state index contributed by atoms with van der Waals surface area (Å²) >= 11 is 3.21. The van der Waals surface area contributed by atoms with Crippen LogP contribution in [0.25, 0.3) is 0 Å². The molecule has 0 aromatic heterocycles. The van der Waals surface area contributed by atoms with Crippen LogP contribution in [0.15, 0.2) is 34.8 Å². The molecule has 0 radical (unpaired) electrons. The fourth-order valence-corrected chi connectivity index (χ4v) is 1.92. The van der Waals surface area contributed by atoms with E-state index in [2.05, 4.69) is 21.2 Å². The fourth-order valence-electron chi connectivity index (χ4n) is 1.42. The van der Waals surface area contributed by atoms with Gasteiger partial charge in [0.15, 0.2) is 11.6 Å². The third kappa shape index (κ3) is 2.59. The zero-order valence-electron chi connectivity index (χ0n) is 8.98. The van der Waals surface area contributed by atoms with Gasteiger partial charge in [-0.2, -0.15) is 0 Å². The first-order valence-corrected chi connectivity index (χ1v) is 5.73. The maximum Gasteiger partial charge on any atom is 0.182 e. The number of halogens is 4. The number of nitrogens with two attached hydrogens (primary N) is 1. The van der Waals surface area contributed by atoms with Gasteiger partial charge >= 0.3 is 0 Å². The molecule has 0 atom stereocenters. The minimum absolute atomic E-state index is 0.280. The summed E-state index contributed by atoms with van der Waals surface area (Å²) in [5, 5.41) is 2.59. The van der Waals surface area contributed by atoms with Crippen LogP contribution in [0.4, 0.5) is 30.2 Å². The maximum atomic E-state index is 13.4. The van der Waals surface area contributed by atoms with Crippen molar-refractivity contribution >= 4 is 33.0 Å². The molecule has 2 aromatic carbocycles. The van der Waals surface area contributed by atoms with Crippen molar-refractivity contribution in [2.75, 3.05) is 11.1 Å². The Kier molecular flexibility index (Phi) is 3.47. The second-order valence-corrected chi connectivity index (χ2v) is 4.47. The molecule has 0 saturated carbocycles. The molecule has 0 aliphatic carbocycles. The Morgan fingerprint density at radius 1 is 1.00 bits per heavy atom. The van der Waals surface area contributed by atoms with Gasteiger partial charge in [0.1, 0.15) is 5.82 Å². The number of nitrogen functional groups attached to an aromatic ring is 1. The zero-order chi connectivity index (χ0) is 13.3. The molecule has 0 aliphatic rings. The molecule has 0 aliphatic heterocycles. The molecule has 0 heterocycles. The Labute approximate surface area is 110 Å². The molecule has 0 fully saturated rings. The Bertz CT molecular complexity index is 602. The molecule has 6 heteroatoms. The smallest absolute Gasteiger partial charge is 0.182 e. The summed E-state index contributed by atoms with van der Waals surface area (Å²) in [4.78, 5) is 0. The number of hydrogen-bond donors (Lipinski definition) is 2. The SMILES string of the molecule is Nc1ccc(Nc2cc(F)cc(F)c2F)c(Br)c1. The lowest BCUT2D eigenvalue weighted by Gasteiger charge is -2.10. The Morgan fingerprint density at radius 3 is 2.39 bits per heavy atom. The van der Waals surface area contributed by atoms with E-state index in [4.69, 9.17) is 5.73 Å². The number of rotatable bonds is 2. The first-order chi connectivity index (χ1) is 8.47. The van der Waals surface area contributed by atoms with Gasteiger partial charge in [0.25, 0.3) is 0 Å². The summed E-state index contributed by atoms with van der Waals surface area (Å²) in [7, 11) is 0. The Balaban J connectivity index is 2.40. The molecule has 0 saturated heterocycles. The number of anilines is 3. The average Bonchev–Trinajstić information content (AvgIpc) is 2.29. The molecular formula is C12H8BrF3N2. The van der Waals surface area contributed by atoms with E-state index in [1.807, 2.05) is 0 Å². The van der Waals surface area contributed by atoms with E-state index in [0.717, 1.165) is 6.07 Å². The Hall–Kier alpha value is -1.69. The van der Waals surface area contributed by atoms with E-state index in [9.17, 15) is 13.2 Å². The van der Waals surface area contributed by atoms with Crippen molar-refractivity contribution in [1.29, 1.82) is 0 Å². The van der Waals surface area contributed by atoms with E-state index in [0.29, 0.717) is 21.9 Å². The van der Waals surface area contributed by atoms with Gasteiger partial charge < -0.3 is 11.1 Å². The van der Waals surface area contributed by atoms with Crippen molar-refractivity contribution in [2.45, 2.75) is 0 Å². The van der Waals surface area contributed by atoms with E-state index in [1.165, 1.54) is 0 Å². The standard InChI is InChI=1S/C12H8BrF3N2/c13-8-5-7(17)1-2-10(8)18-11-4-6(14)3-9(15)12(11)16/h1-5,18H,17H2. The van der Waals surface area contributed by atoms with Crippen LogP contribution >= 0.6 is 15.9 Å². The monoisotopic (exact) mass is 316 g/mol. The van der Waals surface area contributed by atoms with Gasteiger partial charge in [-0.15, -0.1) is 0 Å². The molecular weight excluding hydrogens is 309 g/mol. The summed E-state index contributed by atoms with van der Waals surface area (Å²) in [6, 6.07) is 6.11. The van der Waals surface area contributed by atoms with E-state index in [-0.39, 0.29) is 5.69 Å². The van der Waals surface area contributed by atoms with E-state index in [1.54, 1.807) is 18.2 Å². The lowest BCUT2D eigenvalue weighted by Crippen LogP contribution is -1.99. The minimum Gasteiger partial charge on any atom is -0.399 e. The highest BCUT2D eigenvalue weighted by molar-refractivity contribution is 9.10. The van der Waals surface area contributed by atoms with Crippen LogP contribution in [-0.2, 0) is 0 Å². The van der Waals surface area contributed by atoms with E-state index >= 15 is 0 Å². The fraction of sp³-hybridized carbons (Fsp3) is 0. The number of benzene rings is 2. The molecule has 94 valence electrons. The number of nitrogens with one attached hydrogen (secondary N) is 1. The average molecular weight is 317 g/mol. The second-order valence-electron chi connectivity index (χ2n) is 3.61. The predicted octanol–water partition coefficient (Wildman–Crippen LogP) is 4.19. The zero-order valence-corrected chi connectivity index (χ0v) is 10.6. The third-order valence-electron chi connectivity index (χ3n) is 2.26. The second kappa shape index (κ2) is 4.89. The van der Waals surface area contributed by atoms with Crippen LogP contribution in [0.1, 0.15) is 0 Å². The number of hydrogen-bond acceptors (Lipinski definition) is 2. The Morgan fingerprint density at radius 2 is 1.72 bits per heavy atom. The van der Waals surface area contributed by atoms with Gasteiger partial charge in [-0.1, -0.05) is 0 Å². The highest BCUT2D eigenvalue weighted by Gasteiger charge is 2.12. The summed E-state index contributed by atoms with van der Waals surface area (Å²) < 4.78 is 40.0. The predicted molar refractivity (Wildman–Crippen MR) is 68.2 cm³/mol. The van der Waals surface area contributed by atoms with Crippen LogP contribution in [0.5, 0.6) is 0 Å². The molecule has 18 heavy (non-hydrogen) atoms. The molecule has 0 unspecified atom stereocenters. The van der Waals surface area contributed by atoms with Crippen LogP contribution < -0.4 is 11.1 Å². The first kappa shape index (κ1) is 12.8. The van der Waals surface area contributed by atoms with Crippen LogP contribution in [0.2, 0.25) is 0 Å². The van der Waals surface area contributed by atoms with Crippen molar-refractivity contribution in [3.05, 3.63) is 52.3 Å². The van der Waals surface area contributed by atoms with Gasteiger partial charge in [0.2, 0.25) is 0 Å². The molecule has 2 nitrogen and oxygen atoms in total. The van der Waals surface area contributed by atoms with Crippen molar-refractivity contribution in [2.24, 2.45) is 0 Å². The van der Waals surface area contributed by atoms with Crippen LogP contribution in [0, 0.1) is 17.5 Å². The van der Waals surface area contributed by atoms with Crippen molar-refractivity contribution < 1.29 is 13.2 Å². The summed E-state index contributed by atoms with van der Waals surface area (Å²) in [6.45, 7) is 0. The van der Waals surface area contributed by atoms with Gasteiger partial charge in [0, 0.05) is 22.3 Å². The van der Waals surface area contributed by atoms with Crippen LogP contribution in [0.3, 0.4) is 0 Å². The van der Waals surface area contributed by atoms with E-state index < -0.39 is 17.5 Å². The van der Waals surface area contributed by atoms with Crippen LogP contribution in [-0.4, -0.2) is 0 Å². The lowest BCUT2D eigenvalue weighted by molar-refractivity contribution is 0.498. The highest BCUT2D eigenvalue weighted by atomic mass is 79.9. The quantitative estimate of drug-likeness (QED) is 0.644. The highest BCUT2D eigenvalue weighted by Crippen LogP contribution is 2.29. The minimum atomic E-state index is -1.25. The summed E-state index contributed by atoms with van der Waals surface area (Å²) in [5.74, 6) is -3.24. The largest absolute Gasteiger partial charge is 0.399 e. The summed E-state index contributed by atoms with van der Waals surface area (Å²) in [5.41, 5.74) is 6.23. The normalized spacial score (nSPS) is 10.4. The molecule has 2 rings (SSSR count). The molecule has 0 bridgehead atoms. The molecule has 3 N–H and O–H groups in total. The lowest BCUT2D eigenvalue weighted by atomic mass is 10.2. The maximum absolute atomic E-state index is 13.4. The topological polar surface area (TPSA) is 38.0 Å². The van der Waals surface area contributed by atoms with Gasteiger partial charge in [-0.05, 0) is 34.1 Å². The van der Waals surface area contributed by atoms with Crippen molar-refractivity contribution in [3.63, 3.8) is 0 Å². The summed E-state index contributed by atoms with van der Waals surface area (Å²) in [6.07, 6.45) is 0. The first-order valence-electron chi connectivity index (χ1n) is 4.94. The molecule has 0 amide bonds. The van der Waals surface area contributed by atoms with Crippen molar-refractivity contribution in [3.8, 4) is 0 Å².